The largest absolute Gasteiger partial charge is 0.490 e. The zero-order valence-corrected chi connectivity index (χ0v) is 33.0. The standard InChI is InChI=1S/C22H24Br4N10O5.2C2HF3O2/c23-7-1-9(31-13(7)25)15(38)29-3-5-6(4-30-16(39)10-2-8(24)14(26)32-10)12(37)21-11(5)22(40)18(34-20(28)36-22)41-17(21)33-19(27)35-21;2*3-2(4,5)1(6)7/h1-2,5-6,11-12,17-18,31-32,37,40H,3-4H2,(H,29,38)(H,30,39)(H3,27,33,35)(H3,28,34,36);2*(H,6,7)/t5-,6-,11+,12+,17+,18-,21+,22-;;/m1../s1. The lowest BCUT2D eigenvalue weighted by atomic mass is 9.71. The van der Waals surface area contributed by atoms with E-state index in [-0.39, 0.29) is 36.4 Å². The molecule has 6 rings (SSSR count). The molecule has 4 aliphatic rings. The summed E-state index contributed by atoms with van der Waals surface area (Å²) in [4.78, 5) is 58.3. The topological polar surface area (TPSA) is 315 Å². The molecule has 0 aromatic carbocycles. The summed E-state index contributed by atoms with van der Waals surface area (Å²) in [7, 11) is 0. The number of H-pyrrole nitrogens is 2. The molecule has 14 N–H and O–H groups in total. The molecule has 55 heavy (non-hydrogen) atoms. The lowest BCUT2D eigenvalue weighted by molar-refractivity contribution is -0.243. The van der Waals surface area contributed by atoms with Crippen LogP contribution in [0.15, 0.2) is 40.3 Å². The maximum Gasteiger partial charge on any atom is 0.490 e. The predicted molar refractivity (Wildman–Crippen MR) is 187 cm³/mol. The van der Waals surface area contributed by atoms with Gasteiger partial charge in [-0.3, -0.25) is 9.59 Å². The molecule has 5 heterocycles. The summed E-state index contributed by atoms with van der Waals surface area (Å²) >= 11 is 13.3. The molecule has 1 saturated heterocycles. The normalized spacial score (nSPS) is 28.9. The zero-order valence-electron chi connectivity index (χ0n) is 26.7. The Kier molecular flexibility index (Phi) is 12.9. The summed E-state index contributed by atoms with van der Waals surface area (Å²) in [5.41, 5.74) is 9.26. The highest BCUT2D eigenvalue weighted by molar-refractivity contribution is 9.13. The number of carboxylic acid groups (broad SMARTS) is 2. The molecule has 19 nitrogen and oxygen atoms in total. The second-order valence-corrected chi connectivity index (χ2v) is 15.1. The molecule has 2 fully saturated rings. The first kappa shape index (κ1) is 44.1. The SMILES string of the molecule is NC1=N[C@@H]2O[C@@H]3N=C(N)N[C@]34[C@H]([C@H](CNC(=O)c3cc(Br)c(Br)[nH]3)[C@@H](CNC(=O)c3cc(Br)c(Br)[nH]3)[C@@H]4O)[C@]2(O)N1.O=C(O)C(F)(F)F.O=C(O)C(F)(F)F. The number of aliphatic hydroxyl groups excluding tert-OH is 1. The number of carbonyl (C=O) groups excluding carboxylic acids is 2. The number of aliphatic hydroxyl groups is 2. The molecule has 3 aliphatic heterocycles. The van der Waals surface area contributed by atoms with Crippen molar-refractivity contribution in [3.05, 3.63) is 41.7 Å². The van der Waals surface area contributed by atoms with Gasteiger partial charge in [0, 0.05) is 24.9 Å². The number of aromatic amines is 2. The smallest absolute Gasteiger partial charge is 0.475 e. The Labute approximate surface area is 336 Å². The van der Waals surface area contributed by atoms with Crippen LogP contribution in [0.2, 0.25) is 0 Å². The van der Waals surface area contributed by atoms with Crippen molar-refractivity contribution >= 4 is 99.4 Å². The first-order valence-electron chi connectivity index (χ1n) is 14.8. The number of aliphatic imine (C=N–C) groups is 2. The molecule has 0 unspecified atom stereocenters. The highest BCUT2D eigenvalue weighted by atomic mass is 79.9. The molecule has 2 aromatic heterocycles. The number of nitrogens with two attached hydrogens (primary N) is 2. The first-order valence-corrected chi connectivity index (χ1v) is 17.9. The van der Waals surface area contributed by atoms with Crippen molar-refractivity contribution in [3.63, 3.8) is 0 Å². The number of hydrogen-bond acceptors (Lipinski definition) is 13. The number of ether oxygens (including phenoxy) is 1. The molecule has 2 aromatic rings. The summed E-state index contributed by atoms with van der Waals surface area (Å²) in [5, 5.41) is 49.7. The Morgan fingerprint density at radius 1 is 0.782 bits per heavy atom. The Morgan fingerprint density at radius 3 is 1.58 bits per heavy atom. The van der Waals surface area contributed by atoms with Gasteiger partial charge in [-0.05, 0) is 81.8 Å². The van der Waals surface area contributed by atoms with Crippen LogP contribution in [0.5, 0.6) is 0 Å². The van der Waals surface area contributed by atoms with Crippen LogP contribution in [-0.4, -0.2) is 121 Å². The van der Waals surface area contributed by atoms with Gasteiger partial charge >= 0.3 is 24.3 Å². The van der Waals surface area contributed by atoms with E-state index in [9.17, 15) is 46.1 Å². The maximum absolute atomic E-state index is 13.1. The number of hydrogen-bond donors (Lipinski definition) is 12. The summed E-state index contributed by atoms with van der Waals surface area (Å²) in [6.07, 6.45) is -13.6. The number of halogens is 10. The van der Waals surface area contributed by atoms with Gasteiger partial charge < -0.3 is 67.9 Å². The molecule has 1 spiro atoms. The van der Waals surface area contributed by atoms with E-state index in [4.69, 9.17) is 36.0 Å². The minimum absolute atomic E-state index is 0.00854. The Bertz CT molecular complexity index is 1850. The highest BCUT2D eigenvalue weighted by Crippen LogP contribution is 2.57. The fourth-order valence-electron chi connectivity index (χ4n) is 6.42. The number of fused-ring (bicyclic) bond motifs is 2. The van der Waals surface area contributed by atoms with Crippen LogP contribution in [0.25, 0.3) is 0 Å². The monoisotopic (exact) mass is 1050 g/mol. The van der Waals surface area contributed by atoms with Gasteiger partial charge in [0.25, 0.3) is 11.8 Å². The van der Waals surface area contributed by atoms with Crippen molar-refractivity contribution in [2.75, 3.05) is 13.1 Å². The van der Waals surface area contributed by atoms with Crippen molar-refractivity contribution in [1.29, 1.82) is 0 Å². The minimum atomic E-state index is -5.08. The van der Waals surface area contributed by atoms with E-state index in [1.807, 2.05) is 0 Å². The number of carboxylic acids is 2. The van der Waals surface area contributed by atoms with Crippen LogP contribution in [-0.2, 0) is 14.3 Å². The number of aromatic nitrogens is 2. The predicted octanol–water partition coefficient (Wildman–Crippen LogP) is 0.988. The third-order valence-corrected chi connectivity index (χ3v) is 12.1. The van der Waals surface area contributed by atoms with Crippen LogP contribution < -0.4 is 32.7 Å². The van der Waals surface area contributed by atoms with E-state index >= 15 is 0 Å². The molecule has 0 radical (unpaired) electrons. The minimum Gasteiger partial charge on any atom is -0.475 e. The van der Waals surface area contributed by atoms with Crippen molar-refractivity contribution in [1.82, 2.24) is 31.2 Å². The molecule has 2 amide bonds. The van der Waals surface area contributed by atoms with Gasteiger partial charge in [0.15, 0.2) is 23.9 Å². The summed E-state index contributed by atoms with van der Waals surface area (Å²) < 4.78 is 72.0. The molecule has 29 heteroatoms. The van der Waals surface area contributed by atoms with Crippen molar-refractivity contribution < 1.29 is 70.7 Å². The number of rotatable bonds is 6. The molecule has 0 bridgehead atoms. The number of amides is 2. The van der Waals surface area contributed by atoms with Crippen molar-refractivity contribution in [3.8, 4) is 0 Å². The number of alkyl halides is 6. The number of nitrogens with zero attached hydrogens (tertiary/aromatic N) is 2. The van der Waals surface area contributed by atoms with Gasteiger partial charge in [-0.1, -0.05) is 0 Å². The fraction of sp³-hybridized carbons (Fsp3) is 0.462. The maximum atomic E-state index is 13.1. The Hall–Kier alpha value is -3.64. The van der Waals surface area contributed by atoms with Gasteiger partial charge in [0.05, 0.1) is 24.3 Å². The van der Waals surface area contributed by atoms with Gasteiger partial charge in [-0.15, -0.1) is 0 Å². The summed E-state index contributed by atoms with van der Waals surface area (Å²) in [6.45, 7) is -0.0420. The second-order valence-electron chi connectivity index (χ2n) is 11.8. The van der Waals surface area contributed by atoms with Gasteiger partial charge in [-0.2, -0.15) is 26.3 Å². The third-order valence-electron chi connectivity index (χ3n) is 8.51. The second kappa shape index (κ2) is 16.1. The lowest BCUT2D eigenvalue weighted by Crippen LogP contribution is -2.76. The van der Waals surface area contributed by atoms with E-state index in [0.29, 0.717) is 18.2 Å². The highest BCUT2D eigenvalue weighted by Gasteiger charge is 2.76. The number of aliphatic carboxylic acids is 2. The fourth-order valence-corrected chi connectivity index (χ4v) is 7.73. The third kappa shape index (κ3) is 9.01. The van der Waals surface area contributed by atoms with Crippen LogP contribution in [0.1, 0.15) is 21.0 Å². The van der Waals surface area contributed by atoms with Crippen molar-refractivity contribution in [2.24, 2.45) is 39.2 Å². The van der Waals surface area contributed by atoms with E-state index in [1.54, 1.807) is 12.1 Å². The van der Waals surface area contributed by atoms with Crippen molar-refractivity contribution in [2.45, 2.75) is 42.2 Å². The average Bonchev–Trinajstić information content (AvgIpc) is 3.82. The molecule has 1 saturated carbocycles. The van der Waals surface area contributed by atoms with Crippen LogP contribution in [0.4, 0.5) is 26.3 Å². The summed E-state index contributed by atoms with van der Waals surface area (Å²) in [6, 6.07) is 3.23. The van der Waals surface area contributed by atoms with E-state index < -0.39 is 83.7 Å². The van der Waals surface area contributed by atoms with E-state index in [0.717, 1.165) is 0 Å². The van der Waals surface area contributed by atoms with Crippen LogP contribution in [0.3, 0.4) is 0 Å². The van der Waals surface area contributed by atoms with Gasteiger partial charge in [-0.25, -0.2) is 19.6 Å². The molecular formula is C26H26Br4F6N10O9. The molecular weight excluding hydrogens is 1030 g/mol. The van der Waals surface area contributed by atoms with Gasteiger partial charge in [0.1, 0.15) is 16.9 Å². The Balaban J connectivity index is 0.000000410. The van der Waals surface area contributed by atoms with Crippen LogP contribution >= 0.6 is 63.7 Å². The quantitative estimate of drug-likeness (QED) is 0.180. The number of nitrogens with one attached hydrogen (secondary N) is 6. The van der Waals surface area contributed by atoms with E-state index in [2.05, 4.69) is 105 Å². The first-order chi connectivity index (χ1) is 25.2. The van der Waals surface area contributed by atoms with Gasteiger partial charge in [0.2, 0.25) is 6.23 Å². The molecule has 304 valence electrons. The van der Waals surface area contributed by atoms with Crippen LogP contribution in [0, 0.1) is 17.8 Å². The number of guanidine groups is 2. The molecule has 1 aliphatic carbocycles. The van der Waals surface area contributed by atoms with E-state index in [1.165, 1.54) is 0 Å². The Morgan fingerprint density at radius 2 is 1.18 bits per heavy atom. The zero-order chi connectivity index (χ0) is 41.6. The lowest BCUT2D eigenvalue weighted by Gasteiger charge is -2.51. The number of carbonyl (C=O) groups is 4. The molecule has 8 atom stereocenters. The summed E-state index contributed by atoms with van der Waals surface area (Å²) in [5.74, 6) is -8.70. The average molecular weight is 1060 g/mol.